The van der Waals surface area contributed by atoms with Crippen LogP contribution >= 0.6 is 0 Å². The molecular formula is C27H32N2O6. The van der Waals surface area contributed by atoms with Gasteiger partial charge < -0.3 is 25.2 Å². The summed E-state index contributed by atoms with van der Waals surface area (Å²) in [7, 11) is 0. The summed E-state index contributed by atoms with van der Waals surface area (Å²) in [5.41, 5.74) is 3.49. The quantitative estimate of drug-likeness (QED) is 0.504. The van der Waals surface area contributed by atoms with Crippen molar-refractivity contribution in [2.75, 3.05) is 26.4 Å². The fourth-order valence-corrected chi connectivity index (χ4v) is 5.00. The lowest BCUT2D eigenvalue weighted by atomic mass is 9.81. The van der Waals surface area contributed by atoms with Crippen LogP contribution in [0, 0.1) is 5.41 Å². The van der Waals surface area contributed by atoms with Gasteiger partial charge in [-0.25, -0.2) is 9.59 Å². The Morgan fingerprint density at radius 1 is 1.11 bits per heavy atom. The van der Waals surface area contributed by atoms with E-state index < -0.39 is 29.4 Å². The van der Waals surface area contributed by atoms with Gasteiger partial charge in [0.1, 0.15) is 12.6 Å². The first kappa shape index (κ1) is 24.7. The van der Waals surface area contributed by atoms with Crippen molar-refractivity contribution in [3.63, 3.8) is 0 Å². The van der Waals surface area contributed by atoms with Gasteiger partial charge in [0.25, 0.3) is 0 Å². The summed E-state index contributed by atoms with van der Waals surface area (Å²) in [5.74, 6) is -1.55. The van der Waals surface area contributed by atoms with Gasteiger partial charge in [-0.05, 0) is 41.5 Å². The molecule has 2 aromatic carbocycles. The number of hydrogen-bond donors (Lipinski definition) is 3. The van der Waals surface area contributed by atoms with Crippen LogP contribution in [0.25, 0.3) is 11.1 Å². The maximum Gasteiger partial charge on any atom is 0.407 e. The molecule has 0 spiro atoms. The molecule has 0 radical (unpaired) electrons. The zero-order valence-corrected chi connectivity index (χ0v) is 19.9. The average molecular weight is 481 g/mol. The molecule has 0 saturated carbocycles. The molecule has 2 atom stereocenters. The molecule has 3 N–H and O–H groups in total. The first-order valence-electron chi connectivity index (χ1n) is 12.2. The molecule has 8 nitrogen and oxygen atoms in total. The van der Waals surface area contributed by atoms with Gasteiger partial charge in [-0.15, -0.1) is 0 Å². The number of hydrogen-bond acceptors (Lipinski definition) is 5. The van der Waals surface area contributed by atoms with Gasteiger partial charge in [-0.1, -0.05) is 61.9 Å². The van der Waals surface area contributed by atoms with Crippen LogP contribution in [-0.2, 0) is 19.1 Å². The zero-order chi connectivity index (χ0) is 24.8. The highest BCUT2D eigenvalue weighted by Crippen LogP contribution is 2.44. The fraction of sp³-hybridized carbons (Fsp3) is 0.444. The van der Waals surface area contributed by atoms with Crippen LogP contribution in [0.5, 0.6) is 0 Å². The van der Waals surface area contributed by atoms with E-state index in [2.05, 4.69) is 34.9 Å². The van der Waals surface area contributed by atoms with E-state index in [-0.39, 0.29) is 25.7 Å². The zero-order valence-electron chi connectivity index (χ0n) is 19.9. The highest BCUT2D eigenvalue weighted by Gasteiger charge is 2.42. The Morgan fingerprint density at radius 3 is 2.34 bits per heavy atom. The number of carboxylic acid groups (broad SMARTS) is 1. The normalized spacial score (nSPS) is 19.8. The number of carbonyl (C=O) groups is 3. The number of amides is 2. The van der Waals surface area contributed by atoms with Crippen molar-refractivity contribution in [1.82, 2.24) is 10.6 Å². The van der Waals surface area contributed by atoms with E-state index in [4.69, 9.17) is 9.47 Å². The third-order valence-corrected chi connectivity index (χ3v) is 6.90. The molecule has 1 saturated heterocycles. The van der Waals surface area contributed by atoms with E-state index >= 15 is 0 Å². The number of ether oxygens (including phenoxy) is 2. The minimum Gasteiger partial charge on any atom is -0.480 e. The molecule has 1 heterocycles. The van der Waals surface area contributed by atoms with Crippen LogP contribution in [0.4, 0.5) is 4.79 Å². The van der Waals surface area contributed by atoms with E-state index in [1.165, 1.54) is 0 Å². The Morgan fingerprint density at radius 2 is 1.77 bits per heavy atom. The van der Waals surface area contributed by atoms with Crippen molar-refractivity contribution >= 4 is 18.0 Å². The summed E-state index contributed by atoms with van der Waals surface area (Å²) in [4.78, 5) is 37.3. The standard InChI is InChI=1S/C27H32N2O6/c1-2-8-23(24(30)31)29-25(32)27(13-7-14-34-17-27)16-28-26(33)35-15-22-20-11-5-3-9-18(20)19-10-4-6-12-21(19)22/h3-6,9-12,22-23H,2,7-8,13-17H2,1H3,(H,28,33)(H,29,32)(H,30,31). The summed E-state index contributed by atoms with van der Waals surface area (Å²) >= 11 is 0. The second-order valence-electron chi connectivity index (χ2n) is 9.27. The van der Waals surface area contributed by atoms with Gasteiger partial charge in [0.05, 0.1) is 12.0 Å². The number of rotatable bonds is 9. The highest BCUT2D eigenvalue weighted by atomic mass is 16.5. The second-order valence-corrected chi connectivity index (χ2v) is 9.27. The number of carbonyl (C=O) groups excluding carboxylic acids is 2. The Labute approximate surface area is 205 Å². The Kier molecular flexibility index (Phi) is 7.70. The van der Waals surface area contributed by atoms with E-state index in [1.807, 2.05) is 31.2 Å². The van der Waals surface area contributed by atoms with Gasteiger partial charge in [0.15, 0.2) is 0 Å². The predicted octanol–water partition coefficient (Wildman–Crippen LogP) is 3.69. The van der Waals surface area contributed by atoms with E-state index in [9.17, 15) is 19.5 Å². The summed E-state index contributed by atoms with van der Waals surface area (Å²) in [6.07, 6.45) is 1.47. The molecule has 2 aromatic rings. The summed E-state index contributed by atoms with van der Waals surface area (Å²) in [6, 6.07) is 15.2. The smallest absolute Gasteiger partial charge is 0.407 e. The number of benzene rings is 2. The number of aliphatic carboxylic acids is 1. The maximum absolute atomic E-state index is 13.1. The maximum atomic E-state index is 13.1. The predicted molar refractivity (Wildman–Crippen MR) is 130 cm³/mol. The van der Waals surface area contributed by atoms with Crippen LogP contribution in [0.3, 0.4) is 0 Å². The van der Waals surface area contributed by atoms with E-state index in [0.29, 0.717) is 32.3 Å². The molecule has 186 valence electrons. The molecule has 2 unspecified atom stereocenters. The summed E-state index contributed by atoms with van der Waals surface area (Å²) in [6.45, 7) is 2.68. The van der Waals surface area contributed by atoms with Gasteiger partial charge in [-0.3, -0.25) is 4.79 Å². The third kappa shape index (κ3) is 5.32. The lowest BCUT2D eigenvalue weighted by molar-refractivity contribution is -0.147. The molecule has 1 aliphatic carbocycles. The SMILES string of the molecule is CCCC(NC(=O)C1(CNC(=O)OCC2c3ccccc3-c3ccccc32)CCCOC1)C(=O)O. The Balaban J connectivity index is 1.39. The molecule has 0 bridgehead atoms. The number of alkyl carbamates (subject to hydrolysis) is 1. The van der Waals surface area contributed by atoms with Gasteiger partial charge in [-0.2, -0.15) is 0 Å². The van der Waals surface area contributed by atoms with E-state index in [0.717, 1.165) is 22.3 Å². The van der Waals surface area contributed by atoms with Crippen molar-refractivity contribution in [3.8, 4) is 11.1 Å². The molecule has 0 aromatic heterocycles. The molecule has 8 heteroatoms. The van der Waals surface area contributed by atoms with Crippen LogP contribution in [0.1, 0.15) is 49.7 Å². The molecule has 35 heavy (non-hydrogen) atoms. The average Bonchev–Trinajstić information content (AvgIpc) is 3.20. The van der Waals surface area contributed by atoms with Crippen molar-refractivity contribution in [3.05, 3.63) is 59.7 Å². The fourth-order valence-electron chi connectivity index (χ4n) is 5.00. The minimum atomic E-state index is -1.07. The molecule has 2 amide bonds. The molecule has 2 aliphatic rings. The van der Waals surface area contributed by atoms with Gasteiger partial charge >= 0.3 is 12.1 Å². The number of nitrogens with one attached hydrogen (secondary N) is 2. The van der Waals surface area contributed by atoms with E-state index in [1.54, 1.807) is 0 Å². The van der Waals surface area contributed by atoms with Crippen molar-refractivity contribution in [2.45, 2.75) is 44.6 Å². The lowest BCUT2D eigenvalue weighted by Crippen LogP contribution is -2.56. The number of fused-ring (bicyclic) bond motifs is 3. The monoisotopic (exact) mass is 480 g/mol. The second kappa shape index (κ2) is 10.9. The first-order valence-corrected chi connectivity index (χ1v) is 12.2. The largest absolute Gasteiger partial charge is 0.480 e. The summed E-state index contributed by atoms with van der Waals surface area (Å²) < 4.78 is 11.2. The molecule has 4 rings (SSSR count). The highest BCUT2D eigenvalue weighted by molar-refractivity contribution is 5.88. The summed E-state index contributed by atoms with van der Waals surface area (Å²) in [5, 5.41) is 14.8. The first-order chi connectivity index (χ1) is 16.9. The topological polar surface area (TPSA) is 114 Å². The van der Waals surface area contributed by atoms with Crippen LogP contribution in [-0.4, -0.2) is 55.5 Å². The van der Waals surface area contributed by atoms with Crippen LogP contribution < -0.4 is 10.6 Å². The Hall–Kier alpha value is -3.39. The van der Waals surface area contributed by atoms with Crippen molar-refractivity contribution in [1.29, 1.82) is 0 Å². The molecular weight excluding hydrogens is 448 g/mol. The minimum absolute atomic E-state index is 0.00791. The Bertz CT molecular complexity index is 1030. The lowest BCUT2D eigenvalue weighted by Gasteiger charge is -2.36. The number of carboxylic acids is 1. The van der Waals surface area contributed by atoms with Gasteiger partial charge in [0.2, 0.25) is 5.91 Å². The molecule has 1 aliphatic heterocycles. The third-order valence-electron chi connectivity index (χ3n) is 6.90. The van der Waals surface area contributed by atoms with Crippen molar-refractivity contribution < 1.29 is 29.0 Å². The van der Waals surface area contributed by atoms with Gasteiger partial charge in [0, 0.05) is 19.1 Å². The molecule has 1 fully saturated rings. The van der Waals surface area contributed by atoms with Crippen molar-refractivity contribution in [2.24, 2.45) is 5.41 Å². The van der Waals surface area contributed by atoms with Crippen LogP contribution in [0.15, 0.2) is 48.5 Å². The van der Waals surface area contributed by atoms with Crippen LogP contribution in [0.2, 0.25) is 0 Å².